The van der Waals surface area contributed by atoms with E-state index in [1.807, 2.05) is 37.3 Å². The molecule has 32 heavy (non-hydrogen) atoms. The Hall–Kier alpha value is -3.22. The first-order chi connectivity index (χ1) is 15.7. The molecule has 0 bridgehead atoms. The highest BCUT2D eigenvalue weighted by molar-refractivity contribution is 7.18. The summed E-state index contributed by atoms with van der Waals surface area (Å²) in [6.07, 6.45) is 5.25. The van der Waals surface area contributed by atoms with Gasteiger partial charge in [0, 0.05) is 11.6 Å². The summed E-state index contributed by atoms with van der Waals surface area (Å²) in [5.74, 6) is 1.42. The molecule has 1 N–H and O–H groups in total. The molecule has 5 aromatic rings. The fourth-order valence-corrected chi connectivity index (χ4v) is 4.49. The molecule has 5 nitrogen and oxygen atoms in total. The van der Waals surface area contributed by atoms with Crippen molar-refractivity contribution in [3.8, 4) is 22.5 Å². The molecular weight excluding hydrogens is 440 g/mol. The van der Waals surface area contributed by atoms with Crippen LogP contribution in [0.25, 0.3) is 32.9 Å². The molecule has 3 heterocycles. The molecule has 0 saturated heterocycles. The molecule has 0 amide bonds. The van der Waals surface area contributed by atoms with E-state index in [1.54, 1.807) is 23.9 Å². The Kier molecular flexibility index (Phi) is 5.88. The Morgan fingerprint density at radius 1 is 0.906 bits per heavy atom. The van der Waals surface area contributed by atoms with Crippen LogP contribution in [0.15, 0.2) is 71.5 Å². The highest BCUT2D eigenvalue weighted by Gasteiger charge is 2.13. The number of fused-ring (bicyclic) bond motifs is 1. The molecule has 5 rings (SSSR count). The second kappa shape index (κ2) is 9.10. The second-order valence-electron chi connectivity index (χ2n) is 7.53. The van der Waals surface area contributed by atoms with Crippen LogP contribution in [-0.4, -0.2) is 21.5 Å². The van der Waals surface area contributed by atoms with Crippen LogP contribution < -0.4 is 5.32 Å². The van der Waals surface area contributed by atoms with Crippen LogP contribution in [0.3, 0.4) is 0 Å². The van der Waals surface area contributed by atoms with Gasteiger partial charge in [-0.05, 0) is 54.7 Å². The summed E-state index contributed by atoms with van der Waals surface area (Å²) in [6, 6.07) is 18.5. The molecule has 0 unspecified atom stereocenters. The number of rotatable bonds is 7. The second-order valence-corrected chi connectivity index (χ2v) is 9.15. The fraction of sp³-hybridized carbons (Fsp3) is 0.160. The molecule has 0 atom stereocenters. The summed E-state index contributed by atoms with van der Waals surface area (Å²) in [5, 5.41) is 5.19. The highest BCUT2D eigenvalue weighted by atomic mass is 35.5. The van der Waals surface area contributed by atoms with E-state index < -0.39 is 0 Å². The van der Waals surface area contributed by atoms with Crippen LogP contribution in [0.2, 0.25) is 5.02 Å². The molecule has 3 aromatic heterocycles. The van der Waals surface area contributed by atoms with Crippen molar-refractivity contribution in [1.29, 1.82) is 0 Å². The minimum atomic E-state index is 0.648. The molecule has 0 saturated carbocycles. The van der Waals surface area contributed by atoms with E-state index in [4.69, 9.17) is 21.0 Å². The Labute approximate surface area is 195 Å². The van der Waals surface area contributed by atoms with Crippen LogP contribution in [0, 0.1) is 6.92 Å². The quantitative estimate of drug-likeness (QED) is 0.264. The third-order valence-electron chi connectivity index (χ3n) is 5.21. The Balaban J connectivity index is 1.24. The van der Waals surface area contributed by atoms with Gasteiger partial charge in [-0.3, -0.25) is 0 Å². The first kappa shape index (κ1) is 20.7. The van der Waals surface area contributed by atoms with Crippen molar-refractivity contribution in [2.24, 2.45) is 0 Å². The monoisotopic (exact) mass is 460 g/mol. The van der Waals surface area contributed by atoms with Crippen molar-refractivity contribution in [1.82, 2.24) is 15.0 Å². The van der Waals surface area contributed by atoms with Crippen molar-refractivity contribution < 1.29 is 4.42 Å². The SMILES string of the molecule is Cc1nc2c(NCCCc3ccc(-c4ccc(Cl)cc4)cc3)nc(-c3ccoc3)nc2s1. The van der Waals surface area contributed by atoms with Crippen LogP contribution in [-0.2, 0) is 6.42 Å². The van der Waals surface area contributed by atoms with Crippen molar-refractivity contribution in [3.05, 3.63) is 82.7 Å². The molecule has 0 radical (unpaired) electrons. The zero-order valence-corrected chi connectivity index (χ0v) is 19.1. The number of anilines is 1. The van der Waals surface area contributed by atoms with Gasteiger partial charge in [0.15, 0.2) is 11.6 Å². The van der Waals surface area contributed by atoms with Gasteiger partial charge in [-0.2, -0.15) is 0 Å². The minimum Gasteiger partial charge on any atom is -0.472 e. The van der Waals surface area contributed by atoms with E-state index in [1.165, 1.54) is 16.7 Å². The molecule has 0 fully saturated rings. The van der Waals surface area contributed by atoms with Crippen LogP contribution in [0.5, 0.6) is 0 Å². The molecule has 160 valence electrons. The van der Waals surface area contributed by atoms with E-state index in [9.17, 15) is 0 Å². The summed E-state index contributed by atoms with van der Waals surface area (Å²) < 4.78 is 5.20. The minimum absolute atomic E-state index is 0.648. The lowest BCUT2D eigenvalue weighted by atomic mass is 10.0. The number of nitrogens with zero attached hydrogens (tertiary/aromatic N) is 3. The number of thiazole rings is 1. The summed E-state index contributed by atoms with van der Waals surface area (Å²) in [5.41, 5.74) is 5.36. The number of halogens is 1. The van der Waals surface area contributed by atoms with Gasteiger partial charge in [-0.1, -0.05) is 59.3 Å². The van der Waals surface area contributed by atoms with Crippen LogP contribution in [0.4, 0.5) is 5.82 Å². The van der Waals surface area contributed by atoms with E-state index >= 15 is 0 Å². The molecule has 0 aliphatic carbocycles. The summed E-state index contributed by atoms with van der Waals surface area (Å²) in [7, 11) is 0. The van der Waals surface area contributed by atoms with Crippen molar-refractivity contribution in [2.75, 3.05) is 11.9 Å². The van der Waals surface area contributed by atoms with Gasteiger partial charge in [0.25, 0.3) is 0 Å². The van der Waals surface area contributed by atoms with Crippen molar-refractivity contribution in [3.63, 3.8) is 0 Å². The third-order valence-corrected chi connectivity index (χ3v) is 6.33. The average Bonchev–Trinajstić information content (AvgIpc) is 3.47. The molecule has 7 heteroatoms. The topological polar surface area (TPSA) is 63.8 Å². The zero-order valence-electron chi connectivity index (χ0n) is 17.5. The average molecular weight is 461 g/mol. The molecular formula is C25H21ClN4OS. The zero-order chi connectivity index (χ0) is 21.9. The van der Waals surface area contributed by atoms with Crippen LogP contribution >= 0.6 is 22.9 Å². The maximum absolute atomic E-state index is 5.99. The molecule has 2 aromatic carbocycles. The van der Waals surface area contributed by atoms with Gasteiger partial charge in [0.2, 0.25) is 0 Å². The fourth-order valence-electron chi connectivity index (χ4n) is 3.58. The summed E-state index contributed by atoms with van der Waals surface area (Å²) in [6.45, 7) is 2.79. The lowest BCUT2D eigenvalue weighted by Gasteiger charge is -2.08. The third kappa shape index (κ3) is 4.52. The Morgan fingerprint density at radius 3 is 2.38 bits per heavy atom. The number of aryl methyl sites for hydroxylation is 2. The number of hydrogen-bond donors (Lipinski definition) is 1. The maximum Gasteiger partial charge on any atom is 0.166 e. The van der Waals surface area contributed by atoms with Gasteiger partial charge in [0.05, 0.1) is 16.8 Å². The molecule has 0 aliphatic heterocycles. The van der Waals surface area contributed by atoms with Crippen molar-refractivity contribution in [2.45, 2.75) is 19.8 Å². The van der Waals surface area contributed by atoms with Gasteiger partial charge in [0.1, 0.15) is 16.6 Å². The predicted molar refractivity (Wildman–Crippen MR) is 131 cm³/mol. The van der Waals surface area contributed by atoms with Crippen LogP contribution in [0.1, 0.15) is 17.0 Å². The van der Waals surface area contributed by atoms with Gasteiger partial charge >= 0.3 is 0 Å². The number of benzene rings is 2. The number of furan rings is 1. The Bertz CT molecular complexity index is 1330. The normalized spacial score (nSPS) is 11.2. The van der Waals surface area contributed by atoms with E-state index in [2.05, 4.69) is 39.6 Å². The first-order valence-corrected chi connectivity index (χ1v) is 11.6. The highest BCUT2D eigenvalue weighted by Crippen LogP contribution is 2.28. The van der Waals surface area contributed by atoms with Crippen molar-refractivity contribution >= 4 is 39.1 Å². The lowest BCUT2D eigenvalue weighted by molar-refractivity contribution is 0.568. The van der Waals surface area contributed by atoms with E-state index in [0.29, 0.717) is 5.82 Å². The number of nitrogens with one attached hydrogen (secondary N) is 1. The largest absolute Gasteiger partial charge is 0.472 e. The first-order valence-electron chi connectivity index (χ1n) is 10.4. The number of aromatic nitrogens is 3. The van der Waals surface area contributed by atoms with E-state index in [-0.39, 0.29) is 0 Å². The van der Waals surface area contributed by atoms with E-state index in [0.717, 1.165) is 51.1 Å². The smallest absolute Gasteiger partial charge is 0.166 e. The molecule has 0 spiro atoms. The van der Waals surface area contributed by atoms with Gasteiger partial charge < -0.3 is 9.73 Å². The lowest BCUT2D eigenvalue weighted by Crippen LogP contribution is -2.06. The number of hydrogen-bond acceptors (Lipinski definition) is 6. The van der Waals surface area contributed by atoms with Gasteiger partial charge in [-0.25, -0.2) is 15.0 Å². The Morgan fingerprint density at radius 2 is 1.66 bits per heavy atom. The maximum atomic E-state index is 5.99. The predicted octanol–water partition coefficient (Wildman–Crippen LogP) is 7.02. The summed E-state index contributed by atoms with van der Waals surface area (Å²) in [4.78, 5) is 14.9. The van der Waals surface area contributed by atoms with Gasteiger partial charge in [-0.15, -0.1) is 0 Å². The summed E-state index contributed by atoms with van der Waals surface area (Å²) >= 11 is 7.56. The standard InChI is InChI=1S/C25H21ClN4OS/c1-16-28-22-24(29-23(30-25(22)32-16)20-12-14-31-15-20)27-13-2-3-17-4-6-18(7-5-17)19-8-10-21(26)11-9-19/h4-12,14-15H,2-3,13H2,1H3,(H,27,29,30). The molecule has 0 aliphatic rings.